The summed E-state index contributed by atoms with van der Waals surface area (Å²) in [6.07, 6.45) is -4.65. The Morgan fingerprint density at radius 3 is 2.17 bits per heavy atom. The number of carbonyl (C=O) groups excluding carboxylic acids is 2. The summed E-state index contributed by atoms with van der Waals surface area (Å²) in [5.74, 6) is -2.01. The number of benzene rings is 2. The molecule has 2 aromatic carbocycles. The van der Waals surface area contributed by atoms with E-state index in [1.165, 1.54) is 26.4 Å². The Balaban J connectivity index is 1.93. The number of hydrogen-bond donors (Lipinski definition) is 2. The molecule has 30 heavy (non-hydrogen) atoms. The molecule has 0 bridgehead atoms. The van der Waals surface area contributed by atoms with Crippen LogP contribution in [0.5, 0.6) is 11.5 Å². The topological polar surface area (TPSA) is 101 Å². The highest BCUT2D eigenvalue weighted by Gasteiger charge is 2.35. The van der Waals surface area contributed by atoms with E-state index >= 15 is 0 Å². The van der Waals surface area contributed by atoms with Crippen molar-refractivity contribution in [3.8, 4) is 11.5 Å². The van der Waals surface area contributed by atoms with Crippen molar-refractivity contribution in [1.29, 1.82) is 0 Å². The van der Waals surface area contributed by atoms with Crippen LogP contribution in [0.3, 0.4) is 0 Å². The second-order valence-corrected chi connectivity index (χ2v) is 7.34. The first-order chi connectivity index (χ1) is 14.0. The highest BCUT2D eigenvalue weighted by atomic mass is 32.1. The largest absolute Gasteiger partial charge is 0.495 e. The number of nitrogens with two attached hydrogens (primary N) is 1. The van der Waals surface area contributed by atoms with Crippen LogP contribution in [0.4, 0.5) is 18.9 Å². The number of thiazole rings is 1. The van der Waals surface area contributed by atoms with Gasteiger partial charge in [0.1, 0.15) is 17.0 Å². The number of hydrogen-bond acceptors (Lipinski definition) is 9. The van der Waals surface area contributed by atoms with Gasteiger partial charge in [0.15, 0.2) is 5.01 Å². The molecule has 0 radical (unpaired) electrons. The summed E-state index contributed by atoms with van der Waals surface area (Å²) in [6.45, 7) is 0. The fourth-order valence-electron chi connectivity index (χ4n) is 2.49. The predicted octanol–water partition coefficient (Wildman–Crippen LogP) is 4.20. The summed E-state index contributed by atoms with van der Waals surface area (Å²) in [6, 6.07) is 4.85. The number of ether oxygens (including phenoxy) is 3. The maximum Gasteiger partial charge on any atom is 0.443 e. The third-order valence-corrected chi connectivity index (χ3v) is 5.34. The first-order valence-corrected chi connectivity index (χ1v) is 9.30. The third-order valence-electron chi connectivity index (χ3n) is 3.92. The molecule has 3 aromatic rings. The molecule has 0 spiro atoms. The zero-order valence-electron chi connectivity index (χ0n) is 15.4. The van der Waals surface area contributed by atoms with Gasteiger partial charge in [-0.05, 0) is 24.3 Å². The maximum absolute atomic E-state index is 12.9. The zero-order chi connectivity index (χ0) is 22.2. The number of nitrogen functional groups attached to an aromatic ring is 1. The minimum Gasteiger partial charge on any atom is -0.495 e. The number of rotatable bonds is 4. The first-order valence-electron chi connectivity index (χ1n) is 8.04. The molecule has 0 atom stereocenters. The van der Waals surface area contributed by atoms with Crippen LogP contribution in [0.2, 0.25) is 0 Å². The van der Waals surface area contributed by atoms with Gasteiger partial charge in [0.05, 0.1) is 35.7 Å². The van der Waals surface area contributed by atoms with E-state index in [9.17, 15) is 22.8 Å². The average Bonchev–Trinajstić information content (AvgIpc) is 3.13. The van der Waals surface area contributed by atoms with E-state index in [0.717, 1.165) is 12.1 Å². The van der Waals surface area contributed by atoms with Crippen LogP contribution in [0, 0.1) is 0 Å². The molecule has 158 valence electrons. The lowest BCUT2D eigenvalue weighted by atomic mass is 10.1. The smallest absolute Gasteiger partial charge is 0.443 e. The molecule has 7 nitrogen and oxygen atoms in total. The zero-order valence-corrected chi connectivity index (χ0v) is 17.1. The molecule has 0 aliphatic carbocycles. The van der Waals surface area contributed by atoms with Gasteiger partial charge in [-0.25, -0.2) is 14.6 Å². The summed E-state index contributed by atoms with van der Waals surface area (Å²) >= 11 is 4.47. The number of thiol groups is 1. The number of aromatic nitrogens is 1. The van der Waals surface area contributed by atoms with Crippen LogP contribution in [0.25, 0.3) is 10.2 Å². The molecule has 0 aliphatic heterocycles. The summed E-state index contributed by atoms with van der Waals surface area (Å²) in [4.78, 5) is 28.5. The minimum absolute atomic E-state index is 0.0490. The maximum atomic E-state index is 12.9. The molecule has 12 heteroatoms. The van der Waals surface area contributed by atoms with E-state index in [4.69, 9.17) is 19.9 Å². The van der Waals surface area contributed by atoms with E-state index in [1.54, 1.807) is 0 Å². The Bertz CT molecular complexity index is 1160. The van der Waals surface area contributed by atoms with Gasteiger partial charge in [0.25, 0.3) is 0 Å². The molecule has 2 N–H and O–H groups in total. The van der Waals surface area contributed by atoms with Crippen molar-refractivity contribution in [1.82, 2.24) is 4.98 Å². The van der Waals surface area contributed by atoms with E-state index < -0.39 is 23.1 Å². The highest BCUT2D eigenvalue weighted by molar-refractivity contribution is 7.80. The van der Waals surface area contributed by atoms with Crippen LogP contribution in [-0.4, -0.2) is 31.1 Å². The van der Waals surface area contributed by atoms with Gasteiger partial charge in [0, 0.05) is 4.90 Å². The minimum atomic E-state index is -4.65. The van der Waals surface area contributed by atoms with Crippen molar-refractivity contribution in [2.24, 2.45) is 0 Å². The highest BCUT2D eigenvalue weighted by Crippen LogP contribution is 2.39. The lowest BCUT2D eigenvalue weighted by Crippen LogP contribution is -2.13. The van der Waals surface area contributed by atoms with Crippen molar-refractivity contribution in [2.75, 3.05) is 20.0 Å². The number of anilines is 1. The Morgan fingerprint density at radius 1 is 1.03 bits per heavy atom. The van der Waals surface area contributed by atoms with Gasteiger partial charge < -0.3 is 19.9 Å². The molecule has 0 unspecified atom stereocenters. The normalized spacial score (nSPS) is 11.4. The van der Waals surface area contributed by atoms with E-state index in [2.05, 4.69) is 17.6 Å². The molecule has 1 aromatic heterocycles. The SMILES string of the molecule is COc1cc(C(=O)OC(=O)c2cc(OC)c3nc(C(F)(F)F)sc3c2)cc(S)c1N. The number of carbonyl (C=O) groups is 2. The van der Waals surface area contributed by atoms with Crippen LogP contribution < -0.4 is 15.2 Å². The second kappa shape index (κ2) is 8.03. The van der Waals surface area contributed by atoms with E-state index in [-0.39, 0.29) is 43.4 Å². The fraction of sp³-hybridized carbons (Fsp3) is 0.167. The molecule has 0 amide bonds. The number of methoxy groups -OCH3 is 2. The molecular formula is C18H13F3N2O5S2. The first kappa shape index (κ1) is 21.7. The summed E-state index contributed by atoms with van der Waals surface area (Å²) in [5, 5.41) is -1.09. The average molecular weight is 458 g/mol. The number of fused-ring (bicyclic) bond motifs is 1. The molecule has 0 aliphatic rings. The van der Waals surface area contributed by atoms with E-state index in [0.29, 0.717) is 11.3 Å². The predicted molar refractivity (Wildman–Crippen MR) is 106 cm³/mol. The van der Waals surface area contributed by atoms with Crippen LogP contribution in [-0.2, 0) is 10.9 Å². The Hall–Kier alpha value is -2.99. The van der Waals surface area contributed by atoms with Gasteiger partial charge >= 0.3 is 18.1 Å². The van der Waals surface area contributed by atoms with Crippen LogP contribution in [0.1, 0.15) is 25.7 Å². The molecule has 3 rings (SSSR count). The second-order valence-electron chi connectivity index (χ2n) is 5.83. The van der Waals surface area contributed by atoms with Gasteiger partial charge in [-0.2, -0.15) is 13.2 Å². The Kier molecular flexibility index (Phi) is 5.81. The van der Waals surface area contributed by atoms with Crippen molar-refractivity contribution < 1.29 is 37.0 Å². The third kappa shape index (κ3) is 4.14. The standard InChI is InChI=1S/C18H13F3N2O5S2/c1-26-9-3-7(5-11(29)13(9)22)15(24)28-16(25)8-4-10(27-2)14-12(6-8)30-17(23-14)18(19,20)21/h3-6,29H,22H2,1-2H3. The Labute approximate surface area is 177 Å². The number of halogens is 3. The van der Waals surface area contributed by atoms with Crippen molar-refractivity contribution in [3.63, 3.8) is 0 Å². The van der Waals surface area contributed by atoms with Gasteiger partial charge in [-0.1, -0.05) is 0 Å². The van der Waals surface area contributed by atoms with Crippen molar-refractivity contribution >= 4 is 51.8 Å². The van der Waals surface area contributed by atoms with Gasteiger partial charge in [-0.15, -0.1) is 24.0 Å². The number of esters is 2. The van der Waals surface area contributed by atoms with E-state index in [1.807, 2.05) is 0 Å². The number of nitrogens with zero attached hydrogens (tertiary/aromatic N) is 1. The lowest BCUT2D eigenvalue weighted by Gasteiger charge is -2.10. The summed E-state index contributed by atoms with van der Waals surface area (Å²) in [7, 11) is 2.56. The fourth-order valence-corrected chi connectivity index (χ4v) is 3.63. The number of alkyl halides is 3. The van der Waals surface area contributed by atoms with Crippen molar-refractivity contribution in [2.45, 2.75) is 11.1 Å². The molecule has 0 saturated heterocycles. The Morgan fingerprint density at radius 2 is 1.60 bits per heavy atom. The van der Waals surface area contributed by atoms with Crippen LogP contribution >= 0.6 is 24.0 Å². The quantitative estimate of drug-likeness (QED) is 0.262. The molecule has 0 saturated carbocycles. The van der Waals surface area contributed by atoms with Gasteiger partial charge in [0.2, 0.25) is 0 Å². The monoisotopic (exact) mass is 458 g/mol. The van der Waals surface area contributed by atoms with Crippen molar-refractivity contribution in [3.05, 3.63) is 40.4 Å². The van der Waals surface area contributed by atoms with Crippen LogP contribution in [0.15, 0.2) is 29.2 Å². The summed E-state index contributed by atoms with van der Waals surface area (Å²) in [5.41, 5.74) is 5.66. The molecule has 1 heterocycles. The molecule has 0 fully saturated rings. The summed E-state index contributed by atoms with van der Waals surface area (Å²) < 4.78 is 53.8. The lowest BCUT2D eigenvalue weighted by molar-refractivity contribution is -0.137. The molecular weight excluding hydrogens is 445 g/mol. The van der Waals surface area contributed by atoms with Gasteiger partial charge in [-0.3, -0.25) is 0 Å².